The molecule has 6 nitrogen and oxygen atoms in total. The van der Waals surface area contributed by atoms with E-state index < -0.39 is 0 Å². The van der Waals surface area contributed by atoms with Crippen LogP contribution in [0.5, 0.6) is 0 Å². The highest BCUT2D eigenvalue weighted by Crippen LogP contribution is 2.44. The molecule has 300 valence electrons. The minimum Gasteiger partial charge on any atom is -0.309 e. The molecule has 0 aliphatic heterocycles. The molecule has 11 aromatic rings. The van der Waals surface area contributed by atoms with Crippen molar-refractivity contribution in [3.8, 4) is 74.1 Å². The normalized spacial score (nSPS) is 11.1. The first-order valence-corrected chi connectivity index (χ1v) is 21.2. The fourth-order valence-corrected chi connectivity index (χ4v) is 9.48. The molecule has 6 heteroatoms. The molecule has 0 spiro atoms. The van der Waals surface area contributed by atoms with E-state index >= 15 is 0 Å². The van der Waals surface area contributed by atoms with Gasteiger partial charge in [-0.15, -0.1) is 0 Å². The minimum absolute atomic E-state index is 0.543. The van der Waals surface area contributed by atoms with Crippen molar-refractivity contribution in [3.05, 3.63) is 222 Å². The standard InChI is InChI=1S/C59H34N6/c1-37-29-39(35-61)13-24-47(37)45-19-25-50(59(33-45)65-55-10-6-4-8-49(55)53-31-43(21-28-58(53)65)41-15-11-38(34-60)12-16-41)51-30-40(36-62)14-26-56(51)64-54-9-5-3-7-48(54)52-32-44(20-27-57(52)64)42-17-22-46(63-2)23-18-42/h3-33H,1H3. The van der Waals surface area contributed by atoms with Gasteiger partial charge in [-0.1, -0.05) is 103 Å². The molecule has 0 radical (unpaired) electrons. The zero-order chi connectivity index (χ0) is 44.2. The summed E-state index contributed by atoms with van der Waals surface area (Å²) >= 11 is 0. The van der Waals surface area contributed by atoms with Gasteiger partial charge in [0.1, 0.15) is 0 Å². The molecule has 9 aromatic carbocycles. The maximum Gasteiger partial charge on any atom is 0.187 e. The van der Waals surface area contributed by atoms with E-state index in [4.69, 9.17) is 6.57 Å². The summed E-state index contributed by atoms with van der Waals surface area (Å²) in [7, 11) is 0. The molecule has 0 aliphatic carbocycles. The average Bonchev–Trinajstić information content (AvgIpc) is 3.88. The Balaban J connectivity index is 1.19. The van der Waals surface area contributed by atoms with E-state index in [9.17, 15) is 15.8 Å². The van der Waals surface area contributed by atoms with E-state index in [0.29, 0.717) is 22.4 Å². The summed E-state index contributed by atoms with van der Waals surface area (Å²) in [5.74, 6) is 0. The van der Waals surface area contributed by atoms with Crippen LogP contribution in [0.1, 0.15) is 22.3 Å². The largest absolute Gasteiger partial charge is 0.309 e. The van der Waals surface area contributed by atoms with E-state index in [1.54, 1.807) is 0 Å². The van der Waals surface area contributed by atoms with Crippen LogP contribution in [0.4, 0.5) is 5.69 Å². The van der Waals surface area contributed by atoms with Crippen molar-refractivity contribution in [2.45, 2.75) is 6.92 Å². The van der Waals surface area contributed by atoms with E-state index in [1.165, 1.54) is 0 Å². The van der Waals surface area contributed by atoms with Crippen LogP contribution in [0.25, 0.3) is 104 Å². The van der Waals surface area contributed by atoms with E-state index in [2.05, 4.69) is 141 Å². The molecular weight excluding hydrogens is 793 g/mol. The minimum atomic E-state index is 0.543. The number of rotatable bonds is 6. The number of para-hydroxylation sites is 2. The van der Waals surface area contributed by atoms with Crippen molar-refractivity contribution in [3.63, 3.8) is 0 Å². The third kappa shape index (κ3) is 6.39. The Morgan fingerprint density at radius 2 is 0.862 bits per heavy atom. The Kier molecular flexibility index (Phi) is 9.15. The van der Waals surface area contributed by atoms with Crippen LogP contribution in [0, 0.1) is 47.5 Å². The van der Waals surface area contributed by atoms with Crippen LogP contribution in [0.15, 0.2) is 188 Å². The van der Waals surface area contributed by atoms with Gasteiger partial charge >= 0.3 is 0 Å². The first-order valence-electron chi connectivity index (χ1n) is 21.2. The van der Waals surface area contributed by atoms with E-state index in [-0.39, 0.29) is 0 Å². The first kappa shape index (κ1) is 38.5. The van der Waals surface area contributed by atoms with Crippen LogP contribution in [0.3, 0.4) is 0 Å². The second kappa shape index (κ2) is 15.5. The van der Waals surface area contributed by atoms with Crippen molar-refractivity contribution < 1.29 is 0 Å². The van der Waals surface area contributed by atoms with Gasteiger partial charge in [0.05, 0.1) is 74.9 Å². The van der Waals surface area contributed by atoms with Crippen LogP contribution in [-0.4, -0.2) is 9.13 Å². The lowest BCUT2D eigenvalue weighted by Gasteiger charge is -2.20. The molecule has 0 atom stereocenters. The Hall–Kier alpha value is -9.46. The van der Waals surface area contributed by atoms with Crippen LogP contribution in [0.2, 0.25) is 0 Å². The highest BCUT2D eigenvalue weighted by Gasteiger charge is 2.22. The van der Waals surface area contributed by atoms with Crippen LogP contribution >= 0.6 is 0 Å². The van der Waals surface area contributed by atoms with Crippen molar-refractivity contribution in [2.75, 3.05) is 0 Å². The molecule has 0 amide bonds. The Morgan fingerprint density at radius 1 is 0.385 bits per heavy atom. The molecule has 0 saturated carbocycles. The molecule has 0 aliphatic rings. The number of fused-ring (bicyclic) bond motifs is 6. The summed E-state index contributed by atoms with van der Waals surface area (Å²) in [6.45, 7) is 9.48. The predicted octanol–water partition coefficient (Wildman–Crippen LogP) is 15.0. The second-order valence-corrected chi connectivity index (χ2v) is 16.2. The highest BCUT2D eigenvalue weighted by molar-refractivity contribution is 6.13. The molecule has 0 N–H and O–H groups in total. The molecule has 65 heavy (non-hydrogen) atoms. The quantitative estimate of drug-likeness (QED) is 0.156. The van der Waals surface area contributed by atoms with Gasteiger partial charge in [-0.3, -0.25) is 0 Å². The number of aromatic nitrogens is 2. The Morgan fingerprint density at radius 3 is 1.45 bits per heavy atom. The van der Waals surface area contributed by atoms with Gasteiger partial charge in [0.25, 0.3) is 0 Å². The summed E-state index contributed by atoms with van der Waals surface area (Å²) in [5.41, 5.74) is 17.4. The third-order valence-electron chi connectivity index (χ3n) is 12.6. The molecular formula is C59H34N6. The molecule has 2 aromatic heterocycles. The summed E-state index contributed by atoms with van der Waals surface area (Å²) in [5, 5.41) is 34.1. The number of nitriles is 3. The molecule has 2 heterocycles. The van der Waals surface area contributed by atoms with Gasteiger partial charge in [0, 0.05) is 32.7 Å². The molecule has 0 unspecified atom stereocenters. The van der Waals surface area contributed by atoms with Gasteiger partial charge < -0.3 is 9.13 Å². The highest BCUT2D eigenvalue weighted by atomic mass is 15.0. The number of hydrogen-bond donors (Lipinski definition) is 0. The van der Waals surface area contributed by atoms with Gasteiger partial charge in [0.2, 0.25) is 0 Å². The van der Waals surface area contributed by atoms with Crippen LogP contribution < -0.4 is 0 Å². The first-order chi connectivity index (χ1) is 31.9. The number of nitrogens with zero attached hydrogens (tertiary/aromatic N) is 6. The zero-order valence-corrected chi connectivity index (χ0v) is 35.1. The average molecular weight is 827 g/mol. The second-order valence-electron chi connectivity index (χ2n) is 16.2. The zero-order valence-electron chi connectivity index (χ0n) is 35.1. The lowest BCUT2D eigenvalue weighted by molar-refractivity contribution is 1.16. The molecule has 0 bridgehead atoms. The van der Waals surface area contributed by atoms with E-state index in [0.717, 1.165) is 105 Å². The van der Waals surface area contributed by atoms with E-state index in [1.807, 2.05) is 85.8 Å². The SMILES string of the molecule is [C-]#[N+]c1ccc(-c2ccc3c(c2)c2ccccc2n3-c2ccc(C#N)cc2-c2ccc(-c3ccc(C#N)cc3C)cc2-n2c3ccccc3c3cc(-c4ccc(C#N)cc4)ccc32)cc1. The van der Waals surface area contributed by atoms with Gasteiger partial charge in [-0.2, -0.15) is 15.8 Å². The smallest absolute Gasteiger partial charge is 0.187 e. The monoisotopic (exact) mass is 826 g/mol. The summed E-state index contributed by atoms with van der Waals surface area (Å²) in [6.07, 6.45) is 0. The van der Waals surface area contributed by atoms with Gasteiger partial charge in [-0.25, -0.2) is 4.85 Å². The fourth-order valence-electron chi connectivity index (χ4n) is 9.48. The molecule has 0 fully saturated rings. The lowest BCUT2D eigenvalue weighted by atomic mass is 9.93. The summed E-state index contributed by atoms with van der Waals surface area (Å²) < 4.78 is 4.65. The van der Waals surface area contributed by atoms with Crippen LogP contribution in [-0.2, 0) is 0 Å². The van der Waals surface area contributed by atoms with Crippen molar-refractivity contribution in [2.24, 2.45) is 0 Å². The fraction of sp³-hybridized carbons (Fsp3) is 0.0169. The Labute approximate surface area is 375 Å². The maximum atomic E-state index is 10.5. The predicted molar refractivity (Wildman–Crippen MR) is 262 cm³/mol. The van der Waals surface area contributed by atoms with Gasteiger partial charge in [-0.05, 0) is 131 Å². The maximum absolute atomic E-state index is 10.5. The number of aryl methyl sites for hydroxylation is 1. The lowest BCUT2D eigenvalue weighted by Crippen LogP contribution is -2.03. The summed E-state index contributed by atoms with van der Waals surface area (Å²) in [4.78, 5) is 3.59. The third-order valence-corrected chi connectivity index (χ3v) is 12.6. The molecule has 11 rings (SSSR count). The van der Waals surface area contributed by atoms with Gasteiger partial charge in [0.15, 0.2) is 5.69 Å². The van der Waals surface area contributed by atoms with Crippen molar-refractivity contribution in [1.82, 2.24) is 9.13 Å². The molecule has 0 saturated heterocycles. The van der Waals surface area contributed by atoms with Crippen molar-refractivity contribution in [1.29, 1.82) is 15.8 Å². The topological polar surface area (TPSA) is 85.6 Å². The van der Waals surface area contributed by atoms with Crippen molar-refractivity contribution >= 4 is 49.3 Å². The number of benzene rings is 9. The Bertz CT molecular complexity index is 3930. The number of hydrogen-bond acceptors (Lipinski definition) is 3. The summed E-state index contributed by atoms with van der Waals surface area (Å²) in [6, 6.07) is 70.7.